The number of ether oxygens (including phenoxy) is 1. The van der Waals surface area contributed by atoms with Crippen molar-refractivity contribution >= 4 is 17.7 Å². The highest BCUT2D eigenvalue weighted by Crippen LogP contribution is 2.22. The number of halogens is 1. The van der Waals surface area contributed by atoms with Crippen LogP contribution in [0.25, 0.3) is 11.4 Å². The molecule has 1 aliphatic heterocycles. The van der Waals surface area contributed by atoms with Gasteiger partial charge in [0.1, 0.15) is 11.6 Å². The van der Waals surface area contributed by atoms with Crippen LogP contribution >= 0.6 is 11.8 Å². The Hall–Kier alpha value is -2.91. The molecule has 1 N–H and O–H groups in total. The van der Waals surface area contributed by atoms with Gasteiger partial charge in [-0.05, 0) is 67.9 Å². The highest BCUT2D eigenvalue weighted by Gasteiger charge is 2.25. The van der Waals surface area contributed by atoms with Gasteiger partial charge in [0, 0.05) is 29.5 Å². The number of nitrogens with one attached hydrogen (secondary N) is 1. The van der Waals surface area contributed by atoms with Gasteiger partial charge >= 0.3 is 0 Å². The normalized spacial score (nSPS) is 14.8. The van der Waals surface area contributed by atoms with Crippen molar-refractivity contribution in [3.05, 3.63) is 65.8 Å². The van der Waals surface area contributed by atoms with E-state index in [-0.39, 0.29) is 17.6 Å². The number of rotatable bonds is 10. The maximum Gasteiger partial charge on any atom is 0.241 e. The number of piperidine rings is 1. The standard InChI is InChI=1S/C25H29FN4O3S/c1-32-22-8-4-19(5-9-22)24-28-23(33-29-24)16-30-13-10-20(11-14-30)25(31)27-12-15-34-17-18-2-6-21(26)7-3-18/h2-9,20H,10-17H2,1H3,(H,27,31). The molecule has 0 unspecified atom stereocenters. The molecule has 0 aliphatic carbocycles. The minimum absolute atomic E-state index is 0.0379. The summed E-state index contributed by atoms with van der Waals surface area (Å²) in [6.45, 7) is 2.86. The molecule has 1 saturated heterocycles. The molecule has 1 fully saturated rings. The molecule has 2 aromatic carbocycles. The molecule has 9 heteroatoms. The molecule has 1 aromatic heterocycles. The largest absolute Gasteiger partial charge is 0.497 e. The molecule has 180 valence electrons. The molecule has 0 spiro atoms. The molecule has 0 atom stereocenters. The van der Waals surface area contributed by atoms with Gasteiger partial charge in [0.05, 0.1) is 13.7 Å². The molecule has 0 radical (unpaired) electrons. The first-order chi connectivity index (χ1) is 16.6. The monoisotopic (exact) mass is 484 g/mol. The molecule has 34 heavy (non-hydrogen) atoms. The Morgan fingerprint density at radius 2 is 1.91 bits per heavy atom. The zero-order valence-electron chi connectivity index (χ0n) is 19.2. The van der Waals surface area contributed by atoms with Crippen LogP contribution in [0.5, 0.6) is 5.75 Å². The predicted octanol–water partition coefficient (Wildman–Crippen LogP) is 4.15. The van der Waals surface area contributed by atoms with E-state index in [2.05, 4.69) is 20.4 Å². The van der Waals surface area contributed by atoms with Crippen LogP contribution in [0, 0.1) is 11.7 Å². The van der Waals surface area contributed by atoms with Crippen LogP contribution in [-0.2, 0) is 17.1 Å². The summed E-state index contributed by atoms with van der Waals surface area (Å²) in [5.41, 5.74) is 1.96. The fourth-order valence-corrected chi connectivity index (χ4v) is 4.70. The van der Waals surface area contributed by atoms with Crippen LogP contribution in [0.15, 0.2) is 53.1 Å². The lowest BCUT2D eigenvalue weighted by Gasteiger charge is -2.30. The first-order valence-corrected chi connectivity index (χ1v) is 12.6. The highest BCUT2D eigenvalue weighted by atomic mass is 32.2. The van der Waals surface area contributed by atoms with E-state index in [9.17, 15) is 9.18 Å². The van der Waals surface area contributed by atoms with Crippen molar-refractivity contribution in [2.24, 2.45) is 5.92 Å². The molecule has 7 nitrogen and oxygen atoms in total. The number of aromatic nitrogens is 2. The van der Waals surface area contributed by atoms with Crippen LogP contribution < -0.4 is 10.1 Å². The van der Waals surface area contributed by atoms with Gasteiger partial charge in [-0.1, -0.05) is 17.3 Å². The van der Waals surface area contributed by atoms with Crippen molar-refractivity contribution in [2.75, 3.05) is 32.5 Å². The van der Waals surface area contributed by atoms with Crippen LogP contribution in [0.3, 0.4) is 0 Å². The van der Waals surface area contributed by atoms with Crippen molar-refractivity contribution < 1.29 is 18.4 Å². The van der Waals surface area contributed by atoms with Gasteiger partial charge in [0.25, 0.3) is 0 Å². The minimum Gasteiger partial charge on any atom is -0.497 e. The molecule has 1 amide bonds. The minimum atomic E-state index is -0.220. The number of nitrogens with zero attached hydrogens (tertiary/aromatic N) is 3. The van der Waals surface area contributed by atoms with Crippen molar-refractivity contribution in [1.82, 2.24) is 20.4 Å². The Bertz CT molecular complexity index is 1050. The van der Waals surface area contributed by atoms with Crippen LogP contribution in [0.4, 0.5) is 4.39 Å². The topological polar surface area (TPSA) is 80.5 Å². The van der Waals surface area contributed by atoms with Gasteiger partial charge < -0.3 is 14.6 Å². The lowest BCUT2D eigenvalue weighted by molar-refractivity contribution is -0.126. The number of thioether (sulfide) groups is 1. The van der Waals surface area contributed by atoms with Crippen LogP contribution in [0.1, 0.15) is 24.3 Å². The van der Waals surface area contributed by atoms with Crippen molar-refractivity contribution in [3.63, 3.8) is 0 Å². The second kappa shape index (κ2) is 12.0. The van der Waals surface area contributed by atoms with Gasteiger partial charge in [-0.2, -0.15) is 16.7 Å². The predicted molar refractivity (Wildman–Crippen MR) is 130 cm³/mol. The molecule has 1 aliphatic rings. The first kappa shape index (κ1) is 24.2. The summed E-state index contributed by atoms with van der Waals surface area (Å²) in [6.07, 6.45) is 1.63. The SMILES string of the molecule is COc1ccc(-c2noc(CN3CCC(C(=O)NCCSCc4ccc(F)cc4)CC3)n2)cc1. The van der Waals surface area contributed by atoms with E-state index in [0.29, 0.717) is 24.8 Å². The van der Waals surface area contributed by atoms with Gasteiger partial charge in [-0.3, -0.25) is 9.69 Å². The number of hydrogen-bond acceptors (Lipinski definition) is 7. The second-order valence-electron chi connectivity index (χ2n) is 8.26. The number of hydrogen-bond donors (Lipinski definition) is 1. The van der Waals surface area contributed by atoms with Gasteiger partial charge in [-0.25, -0.2) is 4.39 Å². The smallest absolute Gasteiger partial charge is 0.241 e. The summed E-state index contributed by atoms with van der Waals surface area (Å²) in [4.78, 5) is 19.3. The molecule has 4 rings (SSSR count). The third-order valence-electron chi connectivity index (χ3n) is 5.86. The lowest BCUT2D eigenvalue weighted by atomic mass is 9.96. The number of methoxy groups -OCH3 is 1. The summed E-state index contributed by atoms with van der Waals surface area (Å²) in [5.74, 6) is 3.50. The second-order valence-corrected chi connectivity index (χ2v) is 9.37. The molecule has 0 bridgehead atoms. The Labute approximate surface area is 203 Å². The number of amides is 1. The quantitative estimate of drug-likeness (QED) is 0.433. The summed E-state index contributed by atoms with van der Waals surface area (Å²) < 4.78 is 23.6. The summed E-state index contributed by atoms with van der Waals surface area (Å²) >= 11 is 1.73. The third kappa shape index (κ3) is 6.80. The van der Waals surface area contributed by atoms with Crippen LogP contribution in [0.2, 0.25) is 0 Å². The Morgan fingerprint density at radius 1 is 1.18 bits per heavy atom. The molecule has 0 saturated carbocycles. The first-order valence-electron chi connectivity index (χ1n) is 11.4. The summed E-state index contributed by atoms with van der Waals surface area (Å²) in [6, 6.07) is 14.1. The third-order valence-corrected chi connectivity index (χ3v) is 6.89. The Morgan fingerprint density at radius 3 is 2.62 bits per heavy atom. The number of benzene rings is 2. The average molecular weight is 485 g/mol. The number of likely N-dealkylation sites (tertiary alicyclic amines) is 1. The summed E-state index contributed by atoms with van der Waals surface area (Å²) in [7, 11) is 1.63. The molecular weight excluding hydrogens is 455 g/mol. The zero-order chi connectivity index (χ0) is 23.8. The van der Waals surface area contributed by atoms with Crippen LogP contribution in [-0.4, -0.2) is 53.4 Å². The number of carbonyl (C=O) groups is 1. The van der Waals surface area contributed by atoms with E-state index >= 15 is 0 Å². The van der Waals surface area contributed by atoms with Gasteiger partial charge in [-0.15, -0.1) is 0 Å². The fourth-order valence-electron chi connectivity index (χ4n) is 3.88. The Kier molecular flexibility index (Phi) is 8.54. The lowest BCUT2D eigenvalue weighted by Crippen LogP contribution is -2.40. The van der Waals surface area contributed by atoms with E-state index in [1.165, 1.54) is 12.1 Å². The van der Waals surface area contributed by atoms with Crippen molar-refractivity contribution in [1.29, 1.82) is 0 Å². The van der Waals surface area contributed by atoms with E-state index in [1.54, 1.807) is 31.0 Å². The van der Waals surface area contributed by atoms with Gasteiger partial charge in [0.2, 0.25) is 17.6 Å². The Balaban J connectivity index is 1.14. The van der Waals surface area contributed by atoms with E-state index in [0.717, 1.165) is 54.3 Å². The highest BCUT2D eigenvalue weighted by molar-refractivity contribution is 7.98. The zero-order valence-corrected chi connectivity index (χ0v) is 20.0. The molecule has 2 heterocycles. The van der Waals surface area contributed by atoms with Gasteiger partial charge in [0.15, 0.2) is 0 Å². The van der Waals surface area contributed by atoms with Crippen molar-refractivity contribution in [3.8, 4) is 17.1 Å². The molecule has 3 aromatic rings. The van der Waals surface area contributed by atoms with E-state index < -0.39 is 0 Å². The molecular formula is C25H29FN4O3S. The van der Waals surface area contributed by atoms with Crippen molar-refractivity contribution in [2.45, 2.75) is 25.1 Å². The maximum absolute atomic E-state index is 12.9. The number of carbonyl (C=O) groups excluding carboxylic acids is 1. The fraction of sp³-hybridized carbons (Fsp3) is 0.400. The average Bonchev–Trinajstić information content (AvgIpc) is 3.34. The maximum atomic E-state index is 12.9. The summed E-state index contributed by atoms with van der Waals surface area (Å²) in [5, 5.41) is 7.14. The van der Waals surface area contributed by atoms with E-state index in [4.69, 9.17) is 9.26 Å². The van der Waals surface area contributed by atoms with E-state index in [1.807, 2.05) is 24.3 Å².